The molecule has 1 aliphatic rings. The maximum atomic E-state index is 12.5. The molecule has 0 radical (unpaired) electrons. The minimum absolute atomic E-state index is 0.0396. The summed E-state index contributed by atoms with van der Waals surface area (Å²) < 4.78 is 33.0. The van der Waals surface area contributed by atoms with Crippen LogP contribution in [-0.2, 0) is 26.0 Å². The molecule has 3 aromatic rings. The van der Waals surface area contributed by atoms with E-state index in [-0.39, 0.29) is 22.8 Å². The number of amides is 1. The van der Waals surface area contributed by atoms with Gasteiger partial charge in [-0.15, -0.1) is 0 Å². The number of aromatic amines is 1. The number of H-pyrrole nitrogens is 1. The SMILES string of the molecule is O=C(Cc1n[nH]c(=O)c2ccccc12)Nc1ccc(S(=O)(=O)NCCCN2CCOCC2)cc1. The minimum atomic E-state index is -3.64. The van der Waals surface area contributed by atoms with E-state index in [1.54, 1.807) is 36.4 Å². The molecule has 2 aromatic carbocycles. The summed E-state index contributed by atoms with van der Waals surface area (Å²) in [4.78, 5) is 26.8. The summed E-state index contributed by atoms with van der Waals surface area (Å²) in [6.07, 6.45) is 0.670. The van der Waals surface area contributed by atoms with Crippen molar-refractivity contribution in [2.75, 3.05) is 44.7 Å². The Balaban J connectivity index is 1.31. The van der Waals surface area contributed by atoms with Gasteiger partial charge in [0, 0.05) is 30.7 Å². The van der Waals surface area contributed by atoms with Gasteiger partial charge in [-0.05, 0) is 43.3 Å². The average molecular weight is 486 g/mol. The van der Waals surface area contributed by atoms with Crippen LogP contribution in [0.15, 0.2) is 58.2 Å². The molecule has 0 bridgehead atoms. The molecule has 10 nitrogen and oxygen atoms in total. The van der Waals surface area contributed by atoms with Crippen LogP contribution in [0.2, 0.25) is 0 Å². The van der Waals surface area contributed by atoms with Crippen LogP contribution in [0.3, 0.4) is 0 Å². The van der Waals surface area contributed by atoms with Crippen molar-refractivity contribution < 1.29 is 17.9 Å². The predicted octanol–water partition coefficient (Wildman–Crippen LogP) is 1.10. The van der Waals surface area contributed by atoms with E-state index in [0.29, 0.717) is 48.3 Å². The third-order valence-corrected chi connectivity index (χ3v) is 7.08. The maximum absolute atomic E-state index is 12.5. The Hall–Kier alpha value is -3.12. The van der Waals surface area contributed by atoms with E-state index in [4.69, 9.17) is 4.74 Å². The monoisotopic (exact) mass is 485 g/mol. The lowest BCUT2D eigenvalue weighted by atomic mass is 10.1. The summed E-state index contributed by atoms with van der Waals surface area (Å²) >= 11 is 0. The number of benzene rings is 2. The number of fused-ring (bicyclic) bond motifs is 1. The highest BCUT2D eigenvalue weighted by Gasteiger charge is 2.15. The molecule has 0 spiro atoms. The summed E-state index contributed by atoms with van der Waals surface area (Å²) in [5.41, 5.74) is 0.601. The Morgan fingerprint density at radius 2 is 1.76 bits per heavy atom. The van der Waals surface area contributed by atoms with Gasteiger partial charge in [-0.2, -0.15) is 5.10 Å². The van der Waals surface area contributed by atoms with Crippen LogP contribution in [0.1, 0.15) is 12.1 Å². The molecule has 1 aliphatic heterocycles. The highest BCUT2D eigenvalue weighted by Crippen LogP contribution is 2.16. The van der Waals surface area contributed by atoms with E-state index in [9.17, 15) is 18.0 Å². The highest BCUT2D eigenvalue weighted by molar-refractivity contribution is 7.89. The van der Waals surface area contributed by atoms with E-state index in [0.717, 1.165) is 19.6 Å². The molecule has 2 heterocycles. The summed E-state index contributed by atoms with van der Waals surface area (Å²) in [6, 6.07) is 12.9. The first-order valence-electron chi connectivity index (χ1n) is 11.1. The minimum Gasteiger partial charge on any atom is -0.379 e. The van der Waals surface area contributed by atoms with E-state index < -0.39 is 10.0 Å². The molecule has 0 aliphatic carbocycles. The number of nitrogens with zero attached hydrogens (tertiary/aromatic N) is 2. The molecule has 0 atom stereocenters. The summed E-state index contributed by atoms with van der Waals surface area (Å²) in [6.45, 7) is 4.33. The number of ether oxygens (including phenoxy) is 1. The standard InChI is InChI=1S/C23H27N5O5S/c29-22(16-21-19-4-1-2-5-20(19)23(30)27-26-21)25-17-6-8-18(9-7-17)34(31,32)24-10-3-11-28-12-14-33-15-13-28/h1-2,4-9,24H,3,10-16H2,(H,25,29)(H,27,30). The third kappa shape index (κ3) is 6.06. The fourth-order valence-corrected chi connectivity index (χ4v) is 4.87. The van der Waals surface area contributed by atoms with Crippen LogP contribution in [-0.4, -0.2) is 68.8 Å². The largest absolute Gasteiger partial charge is 0.379 e. The number of morpholine rings is 1. The number of carbonyl (C=O) groups is 1. The third-order valence-electron chi connectivity index (χ3n) is 5.60. The molecule has 4 rings (SSSR count). The van der Waals surface area contributed by atoms with Gasteiger partial charge in [-0.1, -0.05) is 18.2 Å². The molecule has 1 amide bonds. The lowest BCUT2D eigenvalue weighted by Crippen LogP contribution is -2.38. The van der Waals surface area contributed by atoms with Crippen molar-refractivity contribution >= 4 is 32.4 Å². The Morgan fingerprint density at radius 3 is 2.50 bits per heavy atom. The quantitative estimate of drug-likeness (QED) is 0.387. The second kappa shape index (κ2) is 10.9. The van der Waals surface area contributed by atoms with Crippen molar-refractivity contribution in [3.8, 4) is 0 Å². The highest BCUT2D eigenvalue weighted by atomic mass is 32.2. The van der Waals surface area contributed by atoms with Crippen LogP contribution >= 0.6 is 0 Å². The zero-order valence-electron chi connectivity index (χ0n) is 18.6. The molecule has 0 saturated carbocycles. The van der Waals surface area contributed by atoms with Crippen molar-refractivity contribution in [3.05, 3.63) is 64.6 Å². The Kier molecular flexibility index (Phi) is 7.68. The number of carbonyl (C=O) groups excluding carboxylic acids is 1. The van der Waals surface area contributed by atoms with Gasteiger partial charge in [0.15, 0.2) is 0 Å². The molecule has 1 aromatic heterocycles. The van der Waals surface area contributed by atoms with Crippen LogP contribution in [0.4, 0.5) is 5.69 Å². The van der Waals surface area contributed by atoms with Crippen LogP contribution in [0, 0.1) is 0 Å². The molecule has 11 heteroatoms. The molecule has 0 unspecified atom stereocenters. The summed E-state index contributed by atoms with van der Waals surface area (Å²) in [7, 11) is -3.64. The van der Waals surface area contributed by atoms with Gasteiger partial charge in [0.2, 0.25) is 15.9 Å². The van der Waals surface area contributed by atoms with E-state index in [2.05, 4.69) is 25.1 Å². The molecule has 180 valence electrons. The number of hydrogen-bond acceptors (Lipinski definition) is 7. The lowest BCUT2D eigenvalue weighted by Gasteiger charge is -2.26. The second-order valence-corrected chi connectivity index (χ2v) is 9.77. The van der Waals surface area contributed by atoms with Gasteiger partial charge in [-0.3, -0.25) is 14.5 Å². The molecular formula is C23H27N5O5S. The molecule has 1 saturated heterocycles. The van der Waals surface area contributed by atoms with E-state index in [1.165, 1.54) is 12.1 Å². The van der Waals surface area contributed by atoms with Crippen LogP contribution in [0.25, 0.3) is 10.8 Å². The lowest BCUT2D eigenvalue weighted by molar-refractivity contribution is -0.115. The number of nitrogens with one attached hydrogen (secondary N) is 3. The normalized spacial score (nSPS) is 14.8. The Morgan fingerprint density at radius 1 is 1.06 bits per heavy atom. The fraction of sp³-hybridized carbons (Fsp3) is 0.348. The molecular weight excluding hydrogens is 458 g/mol. The molecule has 3 N–H and O–H groups in total. The first kappa shape index (κ1) is 24.0. The van der Waals surface area contributed by atoms with Crippen molar-refractivity contribution in [3.63, 3.8) is 0 Å². The number of sulfonamides is 1. The van der Waals surface area contributed by atoms with Crippen molar-refractivity contribution in [2.24, 2.45) is 0 Å². The van der Waals surface area contributed by atoms with Crippen molar-refractivity contribution in [2.45, 2.75) is 17.7 Å². The number of hydrogen-bond donors (Lipinski definition) is 3. The topological polar surface area (TPSA) is 133 Å². The number of anilines is 1. The molecule has 34 heavy (non-hydrogen) atoms. The van der Waals surface area contributed by atoms with E-state index in [1.807, 2.05) is 0 Å². The van der Waals surface area contributed by atoms with Gasteiger partial charge < -0.3 is 10.1 Å². The van der Waals surface area contributed by atoms with Gasteiger partial charge in [0.05, 0.1) is 35.6 Å². The molecule has 1 fully saturated rings. The Labute approximate surface area is 197 Å². The van der Waals surface area contributed by atoms with Crippen LogP contribution in [0.5, 0.6) is 0 Å². The van der Waals surface area contributed by atoms with Gasteiger partial charge in [0.1, 0.15) is 0 Å². The average Bonchev–Trinajstić information content (AvgIpc) is 2.85. The second-order valence-electron chi connectivity index (χ2n) is 8.00. The number of aromatic nitrogens is 2. The van der Waals surface area contributed by atoms with E-state index >= 15 is 0 Å². The van der Waals surface area contributed by atoms with Crippen molar-refractivity contribution in [1.29, 1.82) is 0 Å². The van der Waals surface area contributed by atoms with Gasteiger partial charge >= 0.3 is 0 Å². The van der Waals surface area contributed by atoms with Crippen LogP contribution < -0.4 is 15.6 Å². The fourth-order valence-electron chi connectivity index (χ4n) is 3.80. The maximum Gasteiger partial charge on any atom is 0.272 e. The van der Waals surface area contributed by atoms with Crippen molar-refractivity contribution in [1.82, 2.24) is 19.8 Å². The zero-order valence-corrected chi connectivity index (χ0v) is 19.4. The first-order valence-corrected chi connectivity index (χ1v) is 12.6. The summed E-state index contributed by atoms with van der Waals surface area (Å²) in [5.74, 6) is -0.332. The zero-order chi connectivity index (χ0) is 24.0. The predicted molar refractivity (Wildman–Crippen MR) is 128 cm³/mol. The summed E-state index contributed by atoms with van der Waals surface area (Å²) in [5, 5.41) is 10.2. The van der Waals surface area contributed by atoms with Gasteiger partial charge in [0.25, 0.3) is 5.56 Å². The Bertz CT molecular complexity index is 1300. The smallest absolute Gasteiger partial charge is 0.272 e. The first-order chi connectivity index (χ1) is 16.4. The number of rotatable bonds is 9. The van der Waals surface area contributed by atoms with Gasteiger partial charge in [-0.25, -0.2) is 18.2 Å².